The van der Waals surface area contributed by atoms with Crippen LogP contribution in [0.5, 0.6) is 0 Å². The van der Waals surface area contributed by atoms with Gasteiger partial charge in [0.2, 0.25) is 0 Å². The minimum atomic E-state index is 0.724. The van der Waals surface area contributed by atoms with E-state index in [1.807, 2.05) is 0 Å². The molecule has 0 aliphatic carbocycles. The Bertz CT molecular complexity index is 145. The zero-order valence-corrected chi connectivity index (χ0v) is 8.40. The summed E-state index contributed by atoms with van der Waals surface area (Å²) < 4.78 is 0. The normalized spacial score (nSPS) is 12.4. The minimum Gasteiger partial charge on any atom is -0.103 e. The largest absolute Gasteiger partial charge is 0.103 e. The van der Waals surface area contributed by atoms with Gasteiger partial charge in [-0.1, -0.05) is 27.2 Å². The third-order valence-electron chi connectivity index (χ3n) is 2.13. The molecule has 0 spiro atoms. The van der Waals surface area contributed by atoms with Crippen molar-refractivity contribution in [3.8, 4) is 11.8 Å². The Kier molecular flexibility index (Phi) is 6.96. The van der Waals surface area contributed by atoms with Gasteiger partial charge in [-0.05, 0) is 25.2 Å². The molecule has 0 aromatic heterocycles. The summed E-state index contributed by atoms with van der Waals surface area (Å²) in [5.41, 5.74) is 0. The van der Waals surface area contributed by atoms with Crippen LogP contribution >= 0.6 is 0 Å². The van der Waals surface area contributed by atoms with Gasteiger partial charge in [-0.15, -0.1) is 11.8 Å². The third kappa shape index (κ3) is 5.24. The highest BCUT2D eigenvalue weighted by Crippen LogP contribution is 2.19. The second-order valence-corrected chi connectivity index (χ2v) is 3.45. The van der Waals surface area contributed by atoms with E-state index in [1.165, 1.54) is 6.42 Å². The molecule has 68 valence electrons. The topological polar surface area (TPSA) is 0 Å². The predicted molar refractivity (Wildman–Crippen MR) is 55.3 cm³/mol. The average Bonchev–Trinajstić information content (AvgIpc) is 2.03. The SMILES string of the molecule is [CH2]CC#CCC(CC[CH2])C(C)C. The molecule has 1 unspecified atom stereocenters. The molecule has 2 radical (unpaired) electrons. The van der Waals surface area contributed by atoms with Gasteiger partial charge in [0.15, 0.2) is 0 Å². The Hall–Kier alpha value is -0.440. The highest BCUT2D eigenvalue weighted by Gasteiger charge is 2.09. The molecule has 0 amide bonds. The molecular formula is C12H20. The van der Waals surface area contributed by atoms with E-state index >= 15 is 0 Å². The van der Waals surface area contributed by atoms with Crippen LogP contribution in [-0.2, 0) is 0 Å². The van der Waals surface area contributed by atoms with Crippen molar-refractivity contribution in [1.29, 1.82) is 0 Å². The average molecular weight is 164 g/mol. The molecule has 12 heavy (non-hydrogen) atoms. The summed E-state index contributed by atoms with van der Waals surface area (Å²) in [7, 11) is 0. The first kappa shape index (κ1) is 11.6. The maximum absolute atomic E-state index is 3.88. The lowest BCUT2D eigenvalue weighted by molar-refractivity contribution is 0.369. The molecule has 0 aliphatic rings. The highest BCUT2D eigenvalue weighted by molar-refractivity contribution is 5.00. The van der Waals surface area contributed by atoms with Crippen LogP contribution in [0, 0.1) is 37.5 Å². The van der Waals surface area contributed by atoms with Crippen LogP contribution in [0.3, 0.4) is 0 Å². The van der Waals surface area contributed by atoms with Crippen molar-refractivity contribution in [3.05, 3.63) is 13.8 Å². The van der Waals surface area contributed by atoms with Gasteiger partial charge in [-0.25, -0.2) is 0 Å². The first-order valence-electron chi connectivity index (χ1n) is 4.76. The molecule has 0 aromatic rings. The van der Waals surface area contributed by atoms with E-state index in [1.54, 1.807) is 0 Å². The Morgan fingerprint density at radius 1 is 1.17 bits per heavy atom. The molecule has 0 bridgehead atoms. The maximum Gasteiger partial charge on any atom is 0.0119 e. The van der Waals surface area contributed by atoms with Gasteiger partial charge in [0.05, 0.1) is 0 Å². The molecule has 0 nitrogen and oxygen atoms in total. The molecular weight excluding hydrogens is 144 g/mol. The molecule has 0 saturated carbocycles. The summed E-state index contributed by atoms with van der Waals surface area (Å²) in [5.74, 6) is 7.62. The van der Waals surface area contributed by atoms with Crippen LogP contribution in [0.25, 0.3) is 0 Å². The molecule has 0 saturated heterocycles. The molecule has 0 heterocycles. The van der Waals surface area contributed by atoms with Crippen molar-refractivity contribution in [2.45, 2.75) is 39.5 Å². The highest BCUT2D eigenvalue weighted by atomic mass is 14.1. The van der Waals surface area contributed by atoms with Crippen molar-refractivity contribution in [2.24, 2.45) is 11.8 Å². The molecule has 0 fully saturated rings. The van der Waals surface area contributed by atoms with Gasteiger partial charge in [0, 0.05) is 12.8 Å². The smallest absolute Gasteiger partial charge is 0.0119 e. The summed E-state index contributed by atoms with van der Waals surface area (Å²) >= 11 is 0. The summed E-state index contributed by atoms with van der Waals surface area (Å²) in [4.78, 5) is 0. The molecule has 0 aliphatic heterocycles. The number of rotatable bonds is 4. The van der Waals surface area contributed by atoms with E-state index in [-0.39, 0.29) is 0 Å². The van der Waals surface area contributed by atoms with Crippen LogP contribution in [0.2, 0.25) is 0 Å². The van der Waals surface area contributed by atoms with Crippen LogP contribution < -0.4 is 0 Å². The lowest BCUT2D eigenvalue weighted by Gasteiger charge is -2.16. The van der Waals surface area contributed by atoms with Gasteiger partial charge < -0.3 is 0 Å². The lowest BCUT2D eigenvalue weighted by Crippen LogP contribution is -2.07. The second kappa shape index (κ2) is 7.22. The predicted octanol–water partition coefficient (Wildman–Crippen LogP) is 3.49. The van der Waals surface area contributed by atoms with E-state index in [9.17, 15) is 0 Å². The molecule has 0 rings (SSSR count). The molecule has 0 aromatic carbocycles. The Balaban J connectivity index is 3.78. The van der Waals surface area contributed by atoms with Gasteiger partial charge >= 0.3 is 0 Å². The zero-order chi connectivity index (χ0) is 9.40. The van der Waals surface area contributed by atoms with E-state index in [4.69, 9.17) is 0 Å². The van der Waals surface area contributed by atoms with Gasteiger partial charge in [-0.3, -0.25) is 0 Å². The van der Waals surface area contributed by atoms with Gasteiger partial charge in [0.25, 0.3) is 0 Å². The van der Waals surface area contributed by atoms with E-state index in [0.29, 0.717) is 0 Å². The molecule has 1 atom stereocenters. The van der Waals surface area contributed by atoms with Crippen LogP contribution in [0.15, 0.2) is 0 Å². The fraction of sp³-hybridized carbons (Fsp3) is 0.667. The first-order valence-corrected chi connectivity index (χ1v) is 4.76. The van der Waals surface area contributed by atoms with Crippen molar-refractivity contribution >= 4 is 0 Å². The van der Waals surface area contributed by atoms with Crippen molar-refractivity contribution in [3.63, 3.8) is 0 Å². The standard InChI is InChI=1S/C12H20/c1-5-7-8-10-12(9-6-2)11(3)4/h11-12H,1-2,5-6,9-10H2,3-4H3. The summed E-state index contributed by atoms with van der Waals surface area (Å²) in [6, 6.07) is 0. The Morgan fingerprint density at radius 2 is 1.83 bits per heavy atom. The maximum atomic E-state index is 3.88. The quantitative estimate of drug-likeness (QED) is 0.558. The fourth-order valence-corrected chi connectivity index (χ4v) is 1.22. The fourth-order valence-electron chi connectivity index (χ4n) is 1.22. The Labute approximate surface area is 77.8 Å². The van der Waals surface area contributed by atoms with Crippen molar-refractivity contribution in [2.75, 3.05) is 0 Å². The van der Waals surface area contributed by atoms with Crippen LogP contribution in [-0.4, -0.2) is 0 Å². The van der Waals surface area contributed by atoms with Crippen LogP contribution in [0.4, 0.5) is 0 Å². The molecule has 0 heteroatoms. The van der Waals surface area contributed by atoms with Gasteiger partial charge in [0.1, 0.15) is 0 Å². The van der Waals surface area contributed by atoms with Crippen LogP contribution in [0.1, 0.15) is 39.5 Å². The molecule has 0 N–H and O–H groups in total. The van der Waals surface area contributed by atoms with Gasteiger partial charge in [-0.2, -0.15) is 0 Å². The monoisotopic (exact) mass is 164 g/mol. The second-order valence-electron chi connectivity index (χ2n) is 3.45. The van der Waals surface area contributed by atoms with E-state index in [2.05, 4.69) is 39.5 Å². The first-order chi connectivity index (χ1) is 5.72. The summed E-state index contributed by atoms with van der Waals surface area (Å²) in [5, 5.41) is 0. The van der Waals surface area contributed by atoms with E-state index in [0.717, 1.165) is 31.1 Å². The van der Waals surface area contributed by atoms with Crippen molar-refractivity contribution in [1.82, 2.24) is 0 Å². The van der Waals surface area contributed by atoms with E-state index < -0.39 is 0 Å². The number of hydrogen-bond acceptors (Lipinski definition) is 0. The summed E-state index contributed by atoms with van der Waals surface area (Å²) in [6.45, 7) is 12.1. The summed E-state index contributed by atoms with van der Waals surface area (Å²) in [6.07, 6.45) is 3.97. The van der Waals surface area contributed by atoms with Crippen molar-refractivity contribution < 1.29 is 0 Å². The number of hydrogen-bond donors (Lipinski definition) is 0. The zero-order valence-electron chi connectivity index (χ0n) is 8.40. The minimum absolute atomic E-state index is 0.724. The Morgan fingerprint density at radius 3 is 2.25 bits per heavy atom. The third-order valence-corrected chi connectivity index (χ3v) is 2.13. The lowest BCUT2D eigenvalue weighted by atomic mass is 9.89.